The van der Waals surface area contributed by atoms with E-state index in [4.69, 9.17) is 5.73 Å². The summed E-state index contributed by atoms with van der Waals surface area (Å²) in [5.41, 5.74) is 9.71. The molecule has 1 fully saturated rings. The molecule has 184 valence electrons. The maximum atomic E-state index is 11.8. The first-order valence-electron chi connectivity index (χ1n) is 12.3. The summed E-state index contributed by atoms with van der Waals surface area (Å²) in [6, 6.07) is 12.2. The second-order valence-corrected chi connectivity index (χ2v) is 7.72. The first kappa shape index (κ1) is 27.2. The molecule has 7 heteroatoms. The molecular weight excluding hydrogens is 432 g/mol. The molecule has 0 spiro atoms. The molecule has 34 heavy (non-hydrogen) atoms. The van der Waals surface area contributed by atoms with Crippen molar-refractivity contribution in [3.63, 3.8) is 0 Å². The smallest absolute Gasteiger partial charge is 0.238 e. The van der Waals surface area contributed by atoms with Crippen LogP contribution in [0.5, 0.6) is 0 Å². The van der Waals surface area contributed by atoms with Gasteiger partial charge < -0.3 is 5.73 Å². The maximum absolute atomic E-state index is 11.8. The van der Waals surface area contributed by atoms with Gasteiger partial charge in [-0.1, -0.05) is 71.9 Å². The number of rotatable bonds is 3. The molecule has 4 aromatic rings. The number of anilines is 1. The van der Waals surface area contributed by atoms with Gasteiger partial charge in [0.2, 0.25) is 12.4 Å². The lowest BCUT2D eigenvalue weighted by Crippen LogP contribution is -2.09. The van der Waals surface area contributed by atoms with Gasteiger partial charge in [-0.25, -0.2) is 18.3 Å². The normalized spacial score (nSPS) is 13.4. The van der Waals surface area contributed by atoms with Crippen molar-refractivity contribution in [3.05, 3.63) is 55.0 Å². The third kappa shape index (κ3) is 7.47. The molecule has 0 unspecified atom stereocenters. The number of nitrogens with zero attached hydrogens (tertiary/aromatic N) is 4. The van der Waals surface area contributed by atoms with Crippen LogP contribution in [0, 0.1) is 5.92 Å². The predicted octanol–water partition coefficient (Wildman–Crippen LogP) is 7.80. The summed E-state index contributed by atoms with van der Waals surface area (Å²) in [6.45, 7) is 8.00. The molecule has 0 bridgehead atoms. The van der Waals surface area contributed by atoms with Crippen molar-refractivity contribution < 1.29 is 8.78 Å². The summed E-state index contributed by atoms with van der Waals surface area (Å²) in [5.74, 6) is 0.594. The molecule has 5 rings (SSSR count). The van der Waals surface area contributed by atoms with Gasteiger partial charge in [0.25, 0.3) is 0 Å². The summed E-state index contributed by atoms with van der Waals surface area (Å²) < 4.78 is 25.4. The van der Waals surface area contributed by atoms with E-state index in [1.807, 2.05) is 52.1 Å². The van der Waals surface area contributed by atoms with Crippen molar-refractivity contribution in [2.24, 2.45) is 5.92 Å². The number of hydrogen-bond donors (Lipinski definition) is 1. The van der Waals surface area contributed by atoms with Crippen LogP contribution in [0.25, 0.3) is 27.5 Å². The van der Waals surface area contributed by atoms with Crippen LogP contribution in [0.1, 0.15) is 66.2 Å². The zero-order valence-corrected chi connectivity index (χ0v) is 20.7. The Morgan fingerprint density at radius 3 is 2.44 bits per heavy atom. The highest BCUT2D eigenvalue weighted by Gasteiger charge is 2.17. The lowest BCUT2D eigenvalue weighted by Gasteiger charge is -2.20. The summed E-state index contributed by atoms with van der Waals surface area (Å²) in [6.07, 6.45) is 9.12. The minimum atomic E-state index is -2.08. The topological polar surface area (TPSA) is 69.1 Å². The number of nitrogens with two attached hydrogens (primary N) is 1. The number of halogens is 2. The lowest BCUT2D eigenvalue weighted by molar-refractivity contribution is 0.104. The van der Waals surface area contributed by atoms with E-state index in [9.17, 15) is 8.78 Å². The predicted molar refractivity (Wildman–Crippen MR) is 138 cm³/mol. The molecule has 3 aromatic heterocycles. The Bertz CT molecular complexity index is 1120. The van der Waals surface area contributed by atoms with Crippen LogP contribution in [-0.2, 0) is 0 Å². The van der Waals surface area contributed by atoms with Crippen molar-refractivity contribution in [2.75, 3.05) is 5.73 Å². The van der Waals surface area contributed by atoms with Gasteiger partial charge in [0.15, 0.2) is 0 Å². The molecular formula is C27H37F2N5. The van der Waals surface area contributed by atoms with E-state index in [0.29, 0.717) is 5.92 Å². The van der Waals surface area contributed by atoms with Crippen molar-refractivity contribution in [2.45, 2.75) is 72.6 Å². The van der Waals surface area contributed by atoms with E-state index in [1.54, 1.807) is 16.9 Å². The van der Waals surface area contributed by atoms with Gasteiger partial charge in [0.1, 0.15) is 0 Å². The Morgan fingerprint density at radius 2 is 1.74 bits per heavy atom. The Kier molecular flexibility index (Phi) is 11.4. The van der Waals surface area contributed by atoms with Crippen LogP contribution in [0.2, 0.25) is 0 Å². The summed E-state index contributed by atoms with van der Waals surface area (Å²) >= 11 is 0. The molecule has 1 aromatic carbocycles. The van der Waals surface area contributed by atoms with Crippen molar-refractivity contribution in [1.82, 2.24) is 19.6 Å². The SMILES string of the molecule is CC.CC.FC(F)CC1CCCCC1.Nc1ncc2c(-c3ccc4ncccc4c3)ccn2n1. The zero-order valence-electron chi connectivity index (χ0n) is 20.7. The fourth-order valence-electron chi connectivity index (χ4n) is 4.08. The molecule has 0 aliphatic heterocycles. The number of benzene rings is 1. The van der Waals surface area contributed by atoms with E-state index in [0.717, 1.165) is 53.2 Å². The van der Waals surface area contributed by atoms with Crippen LogP contribution in [-0.4, -0.2) is 26.0 Å². The first-order chi connectivity index (χ1) is 16.6. The van der Waals surface area contributed by atoms with Crippen LogP contribution >= 0.6 is 0 Å². The molecule has 0 amide bonds. The van der Waals surface area contributed by atoms with Gasteiger partial charge in [0, 0.05) is 29.8 Å². The van der Waals surface area contributed by atoms with E-state index >= 15 is 0 Å². The van der Waals surface area contributed by atoms with E-state index in [1.165, 1.54) is 6.42 Å². The van der Waals surface area contributed by atoms with Gasteiger partial charge >= 0.3 is 0 Å². The highest BCUT2D eigenvalue weighted by Crippen LogP contribution is 2.29. The van der Waals surface area contributed by atoms with Crippen molar-refractivity contribution in [1.29, 1.82) is 0 Å². The summed E-state index contributed by atoms with van der Waals surface area (Å²) in [5, 5.41) is 5.27. The van der Waals surface area contributed by atoms with E-state index < -0.39 is 6.43 Å². The van der Waals surface area contributed by atoms with Crippen LogP contribution in [0.4, 0.5) is 14.7 Å². The van der Waals surface area contributed by atoms with Gasteiger partial charge in [-0.2, -0.15) is 0 Å². The molecule has 3 heterocycles. The second-order valence-electron chi connectivity index (χ2n) is 7.72. The summed E-state index contributed by atoms with van der Waals surface area (Å²) in [7, 11) is 0. The first-order valence-corrected chi connectivity index (χ1v) is 12.3. The highest BCUT2D eigenvalue weighted by atomic mass is 19.3. The van der Waals surface area contributed by atoms with E-state index in [2.05, 4.69) is 33.3 Å². The fourth-order valence-corrected chi connectivity index (χ4v) is 4.08. The lowest BCUT2D eigenvalue weighted by atomic mass is 9.87. The Morgan fingerprint density at radius 1 is 1.00 bits per heavy atom. The zero-order chi connectivity index (χ0) is 24.9. The summed E-state index contributed by atoms with van der Waals surface area (Å²) in [4.78, 5) is 8.39. The average molecular weight is 470 g/mol. The third-order valence-electron chi connectivity index (χ3n) is 5.58. The molecule has 0 saturated heterocycles. The van der Waals surface area contributed by atoms with Crippen LogP contribution < -0.4 is 5.73 Å². The highest BCUT2D eigenvalue weighted by molar-refractivity contribution is 5.88. The Balaban J connectivity index is 0.000000248. The van der Waals surface area contributed by atoms with E-state index in [-0.39, 0.29) is 12.4 Å². The van der Waals surface area contributed by atoms with Crippen molar-refractivity contribution >= 4 is 22.4 Å². The number of nitrogen functional groups attached to an aromatic ring is 1. The third-order valence-corrected chi connectivity index (χ3v) is 5.58. The Hall–Kier alpha value is -3.09. The molecule has 5 nitrogen and oxygen atoms in total. The molecule has 0 atom stereocenters. The molecule has 1 saturated carbocycles. The number of pyridine rings is 1. The number of alkyl halides is 2. The Labute approximate surface area is 201 Å². The molecule has 1 aliphatic carbocycles. The van der Waals surface area contributed by atoms with Crippen LogP contribution in [0.15, 0.2) is 55.0 Å². The second kappa shape index (κ2) is 14.2. The number of aromatic nitrogens is 4. The van der Waals surface area contributed by atoms with Crippen molar-refractivity contribution in [3.8, 4) is 11.1 Å². The van der Waals surface area contributed by atoms with Gasteiger partial charge in [-0.15, -0.1) is 5.10 Å². The average Bonchev–Trinajstić information content (AvgIpc) is 3.30. The number of hydrogen-bond acceptors (Lipinski definition) is 4. The van der Waals surface area contributed by atoms with Gasteiger partial charge in [0.05, 0.1) is 17.2 Å². The standard InChI is InChI=1S/C15H11N5.C8H14F2.2C2H6/c16-15-18-9-14-12(5-7-20(14)19-15)10-3-4-13-11(8-10)2-1-6-17-13;9-8(10)6-7-4-2-1-3-5-7;2*1-2/h1-9H,(H2,16,19);7-8H,1-6H2;2*1-2H3. The molecule has 2 N–H and O–H groups in total. The maximum Gasteiger partial charge on any atom is 0.238 e. The van der Waals surface area contributed by atoms with Gasteiger partial charge in [-0.05, 0) is 35.7 Å². The van der Waals surface area contributed by atoms with Crippen LogP contribution in [0.3, 0.4) is 0 Å². The quantitative estimate of drug-likeness (QED) is 0.332. The monoisotopic (exact) mass is 469 g/mol. The fraction of sp³-hybridized carbons (Fsp3) is 0.444. The molecule has 1 aliphatic rings. The van der Waals surface area contributed by atoms with Gasteiger partial charge in [-0.3, -0.25) is 4.98 Å². The largest absolute Gasteiger partial charge is 0.367 e. The number of fused-ring (bicyclic) bond motifs is 2. The minimum Gasteiger partial charge on any atom is -0.367 e. The minimum absolute atomic E-state index is 0.139. The molecule has 0 radical (unpaired) electrons.